The fraction of sp³-hybridized carbons (Fsp3) is 0.357. The summed E-state index contributed by atoms with van der Waals surface area (Å²) in [5.74, 6) is 0.0811. The van der Waals surface area contributed by atoms with E-state index >= 15 is 0 Å². The van der Waals surface area contributed by atoms with Crippen molar-refractivity contribution in [2.75, 3.05) is 26.2 Å². The van der Waals surface area contributed by atoms with Gasteiger partial charge in [-0.25, -0.2) is 4.79 Å². The van der Waals surface area contributed by atoms with Gasteiger partial charge in [-0.3, -0.25) is 4.79 Å². The van der Waals surface area contributed by atoms with Crippen molar-refractivity contribution in [1.82, 2.24) is 15.1 Å². The Labute approximate surface area is 205 Å². The quantitative estimate of drug-likeness (QED) is 0.494. The topological polar surface area (TPSA) is 52.7 Å². The first kappa shape index (κ1) is 22.7. The van der Waals surface area contributed by atoms with Gasteiger partial charge < -0.3 is 15.1 Å². The minimum Gasteiger partial charge on any atom is -0.339 e. The van der Waals surface area contributed by atoms with Gasteiger partial charge in [0.2, 0.25) is 5.91 Å². The molecule has 1 spiro atoms. The number of nitrogens with one attached hydrogen (secondary N) is 1. The highest BCUT2D eigenvalue weighted by molar-refractivity contribution is 7.08. The minimum absolute atomic E-state index is 0.00881. The largest absolute Gasteiger partial charge is 0.339 e. The molecule has 3 heterocycles. The van der Waals surface area contributed by atoms with Crippen LogP contribution in [0.5, 0.6) is 0 Å². The molecule has 2 fully saturated rings. The molecular weight excluding hydrogens is 442 g/mol. The molecule has 3 aromatic rings. The molecule has 0 aliphatic carbocycles. The number of thiophene rings is 1. The summed E-state index contributed by atoms with van der Waals surface area (Å²) in [6.07, 6.45) is 6.49. The van der Waals surface area contributed by atoms with Crippen LogP contribution in [-0.2, 0) is 4.79 Å². The van der Waals surface area contributed by atoms with E-state index in [1.54, 1.807) is 17.4 Å². The van der Waals surface area contributed by atoms with E-state index in [1.807, 2.05) is 44.8 Å². The van der Waals surface area contributed by atoms with Crippen LogP contribution in [0.2, 0.25) is 0 Å². The number of piperidine rings is 1. The summed E-state index contributed by atoms with van der Waals surface area (Å²) in [4.78, 5) is 29.6. The standard InChI is InChI=1S/C28H31N3O2S/c1-21(24-8-4-6-23-5-2-3-7-25(23)24)29-27(33)31-17-14-28(20-31)12-15-30(16-13-28)26(32)10-9-22-11-18-34-19-22/h2-11,18-19,21H,12-17,20H2,1H3,(H,29,33). The number of hydrogen-bond donors (Lipinski definition) is 1. The molecule has 5 nitrogen and oxygen atoms in total. The van der Waals surface area contributed by atoms with E-state index in [0.29, 0.717) is 0 Å². The van der Waals surface area contributed by atoms with Gasteiger partial charge in [0.1, 0.15) is 0 Å². The Hall–Kier alpha value is -3.12. The number of carbonyl (C=O) groups is 2. The molecular formula is C28H31N3O2S. The molecule has 5 rings (SSSR count). The van der Waals surface area contributed by atoms with Crippen molar-refractivity contribution in [3.63, 3.8) is 0 Å². The first-order valence-electron chi connectivity index (χ1n) is 12.1. The second kappa shape index (κ2) is 9.63. The molecule has 6 heteroatoms. The second-order valence-electron chi connectivity index (χ2n) is 9.63. The third-order valence-corrected chi connectivity index (χ3v) is 8.15. The van der Waals surface area contributed by atoms with E-state index < -0.39 is 0 Å². The molecule has 1 atom stereocenters. The number of urea groups is 1. The van der Waals surface area contributed by atoms with Crippen molar-refractivity contribution in [3.05, 3.63) is 76.5 Å². The van der Waals surface area contributed by atoms with E-state index in [4.69, 9.17) is 0 Å². The minimum atomic E-state index is -0.0652. The van der Waals surface area contributed by atoms with Gasteiger partial charge in [0.05, 0.1) is 6.04 Å². The van der Waals surface area contributed by atoms with Gasteiger partial charge in [0.15, 0.2) is 0 Å². The average molecular weight is 474 g/mol. The zero-order valence-corrected chi connectivity index (χ0v) is 20.4. The van der Waals surface area contributed by atoms with Crippen LogP contribution in [0.3, 0.4) is 0 Å². The Kier molecular flexibility index (Phi) is 6.42. The third kappa shape index (κ3) is 4.73. The number of amides is 3. The van der Waals surface area contributed by atoms with Gasteiger partial charge in [-0.2, -0.15) is 11.3 Å². The monoisotopic (exact) mass is 473 g/mol. The number of likely N-dealkylation sites (tertiary alicyclic amines) is 2. The summed E-state index contributed by atoms with van der Waals surface area (Å²) in [6, 6.07) is 16.5. The van der Waals surface area contributed by atoms with Gasteiger partial charge in [-0.1, -0.05) is 42.5 Å². The molecule has 2 aromatic carbocycles. The number of benzene rings is 2. The van der Waals surface area contributed by atoms with Crippen molar-refractivity contribution < 1.29 is 9.59 Å². The number of nitrogens with zero attached hydrogens (tertiary/aromatic N) is 2. The molecule has 0 bridgehead atoms. The van der Waals surface area contributed by atoms with Gasteiger partial charge in [-0.05, 0) is 76.4 Å². The maximum Gasteiger partial charge on any atom is 0.317 e. The Bertz CT molecular complexity index is 1190. The van der Waals surface area contributed by atoms with Crippen LogP contribution in [0.25, 0.3) is 16.8 Å². The van der Waals surface area contributed by atoms with E-state index in [-0.39, 0.29) is 23.4 Å². The molecule has 34 heavy (non-hydrogen) atoms. The molecule has 2 aliphatic heterocycles. The SMILES string of the molecule is CC(NC(=O)N1CCC2(CCN(C(=O)C=Cc3ccsc3)CC2)C1)c1cccc2ccccc12. The lowest BCUT2D eigenvalue weighted by atomic mass is 9.78. The van der Waals surface area contributed by atoms with Gasteiger partial charge in [0.25, 0.3) is 0 Å². The smallest absolute Gasteiger partial charge is 0.317 e. The number of fused-ring (bicyclic) bond motifs is 1. The predicted octanol–water partition coefficient (Wildman–Crippen LogP) is 5.70. The first-order valence-corrected chi connectivity index (χ1v) is 13.0. The molecule has 176 valence electrons. The summed E-state index contributed by atoms with van der Waals surface area (Å²) in [5.41, 5.74) is 2.35. The number of rotatable bonds is 4. The molecule has 1 N–H and O–H groups in total. The van der Waals surface area contributed by atoms with Crippen LogP contribution >= 0.6 is 11.3 Å². The third-order valence-electron chi connectivity index (χ3n) is 7.45. The normalized spacial score (nSPS) is 18.6. The lowest BCUT2D eigenvalue weighted by Gasteiger charge is -2.39. The Balaban J connectivity index is 1.16. The van der Waals surface area contributed by atoms with Crippen LogP contribution in [0, 0.1) is 5.41 Å². The summed E-state index contributed by atoms with van der Waals surface area (Å²) >= 11 is 1.63. The maximum atomic E-state index is 13.1. The lowest BCUT2D eigenvalue weighted by Crippen LogP contribution is -2.45. The zero-order valence-electron chi connectivity index (χ0n) is 19.6. The number of carbonyl (C=O) groups excluding carboxylic acids is 2. The summed E-state index contributed by atoms with van der Waals surface area (Å²) in [7, 11) is 0. The zero-order chi connectivity index (χ0) is 23.5. The average Bonchev–Trinajstić information content (AvgIpc) is 3.53. The van der Waals surface area contributed by atoms with Crippen LogP contribution in [0.4, 0.5) is 4.79 Å². The van der Waals surface area contributed by atoms with Crippen molar-refractivity contribution in [3.8, 4) is 0 Å². The lowest BCUT2D eigenvalue weighted by molar-refractivity contribution is -0.128. The molecule has 0 radical (unpaired) electrons. The van der Waals surface area contributed by atoms with E-state index in [9.17, 15) is 9.59 Å². The summed E-state index contributed by atoms with van der Waals surface area (Å²) < 4.78 is 0. The maximum absolute atomic E-state index is 13.1. The molecule has 2 saturated heterocycles. The van der Waals surface area contributed by atoms with Crippen molar-refractivity contribution in [2.24, 2.45) is 5.41 Å². The Morgan fingerprint density at radius 2 is 1.74 bits per heavy atom. The highest BCUT2D eigenvalue weighted by Crippen LogP contribution is 2.40. The predicted molar refractivity (Wildman–Crippen MR) is 139 cm³/mol. The fourth-order valence-corrected chi connectivity index (χ4v) is 5.97. The van der Waals surface area contributed by atoms with E-state index in [1.165, 1.54) is 10.8 Å². The van der Waals surface area contributed by atoms with Crippen LogP contribution in [-0.4, -0.2) is 47.9 Å². The van der Waals surface area contributed by atoms with Crippen LogP contribution in [0.1, 0.15) is 43.4 Å². The highest BCUT2D eigenvalue weighted by Gasteiger charge is 2.42. The number of hydrogen-bond acceptors (Lipinski definition) is 3. The van der Waals surface area contributed by atoms with Gasteiger partial charge in [0, 0.05) is 32.3 Å². The van der Waals surface area contributed by atoms with Gasteiger partial charge >= 0.3 is 6.03 Å². The molecule has 1 unspecified atom stereocenters. The Morgan fingerprint density at radius 3 is 2.50 bits per heavy atom. The highest BCUT2D eigenvalue weighted by atomic mass is 32.1. The summed E-state index contributed by atoms with van der Waals surface area (Å²) in [5, 5.41) is 9.64. The van der Waals surface area contributed by atoms with E-state index in [0.717, 1.165) is 56.6 Å². The molecule has 2 aliphatic rings. The van der Waals surface area contributed by atoms with Crippen LogP contribution in [0.15, 0.2) is 65.4 Å². The molecule has 1 aromatic heterocycles. The van der Waals surface area contributed by atoms with Gasteiger partial charge in [-0.15, -0.1) is 0 Å². The molecule has 3 amide bonds. The van der Waals surface area contributed by atoms with Crippen molar-refractivity contribution in [2.45, 2.75) is 32.2 Å². The van der Waals surface area contributed by atoms with Crippen LogP contribution < -0.4 is 5.32 Å². The Morgan fingerprint density at radius 1 is 1.00 bits per heavy atom. The van der Waals surface area contributed by atoms with Crippen molar-refractivity contribution >= 4 is 40.1 Å². The second-order valence-corrected chi connectivity index (χ2v) is 10.4. The van der Waals surface area contributed by atoms with E-state index in [2.05, 4.69) is 42.6 Å². The first-order chi connectivity index (χ1) is 16.5. The molecule has 0 saturated carbocycles. The summed E-state index contributed by atoms with van der Waals surface area (Å²) in [6.45, 7) is 5.12. The fourth-order valence-electron chi connectivity index (χ4n) is 5.34. The van der Waals surface area contributed by atoms with Crippen molar-refractivity contribution in [1.29, 1.82) is 0 Å².